The molecule has 1 unspecified atom stereocenters. The van der Waals surface area contributed by atoms with Gasteiger partial charge >= 0.3 is 5.97 Å². The lowest BCUT2D eigenvalue weighted by molar-refractivity contribution is -0.137. The van der Waals surface area contributed by atoms with Gasteiger partial charge in [-0.1, -0.05) is 23.8 Å². The molecule has 0 aliphatic carbocycles. The van der Waals surface area contributed by atoms with E-state index in [0.717, 1.165) is 5.56 Å². The summed E-state index contributed by atoms with van der Waals surface area (Å²) < 4.78 is 5.26. The number of methoxy groups -OCH3 is 1. The first-order valence-corrected chi connectivity index (χ1v) is 5.91. The van der Waals surface area contributed by atoms with Crippen molar-refractivity contribution in [1.82, 2.24) is 4.98 Å². The maximum absolute atomic E-state index is 11.6. The first kappa shape index (κ1) is 13.1. The van der Waals surface area contributed by atoms with Crippen LogP contribution in [-0.4, -0.2) is 23.2 Å². The van der Waals surface area contributed by atoms with E-state index in [1.165, 1.54) is 7.11 Å². The van der Waals surface area contributed by atoms with Gasteiger partial charge in [-0.15, -0.1) is 0 Å². The van der Waals surface area contributed by atoms with Gasteiger partial charge in [0.1, 0.15) is 11.7 Å². The number of pyridine rings is 1. The fourth-order valence-electron chi connectivity index (χ4n) is 2.04. The number of aromatic nitrogens is 1. The Morgan fingerprint density at radius 3 is 2.68 bits per heavy atom. The zero-order valence-electron chi connectivity index (χ0n) is 10.8. The van der Waals surface area contributed by atoms with Gasteiger partial charge in [0.2, 0.25) is 0 Å². The number of nitrogens with zero attached hydrogens (tertiary/aromatic N) is 1. The van der Waals surface area contributed by atoms with E-state index in [1.54, 1.807) is 30.5 Å². The summed E-state index contributed by atoms with van der Waals surface area (Å²) in [6.45, 7) is 1.92. The molecule has 1 heterocycles. The summed E-state index contributed by atoms with van der Waals surface area (Å²) in [5.41, 5.74) is 2.10. The molecule has 0 aliphatic heterocycles. The highest BCUT2D eigenvalue weighted by molar-refractivity contribution is 5.81. The lowest BCUT2D eigenvalue weighted by Crippen LogP contribution is -2.15. The van der Waals surface area contributed by atoms with Gasteiger partial charge in [0, 0.05) is 11.8 Å². The maximum Gasteiger partial charge on any atom is 0.317 e. The largest absolute Gasteiger partial charge is 0.496 e. The second kappa shape index (κ2) is 5.52. The Morgan fingerprint density at radius 2 is 2.11 bits per heavy atom. The average molecular weight is 257 g/mol. The van der Waals surface area contributed by atoms with Crippen molar-refractivity contribution in [2.24, 2.45) is 0 Å². The van der Waals surface area contributed by atoms with Crippen LogP contribution in [0, 0.1) is 6.92 Å². The number of hydrogen-bond donors (Lipinski definition) is 1. The van der Waals surface area contributed by atoms with Crippen LogP contribution in [0.15, 0.2) is 42.6 Å². The smallest absolute Gasteiger partial charge is 0.317 e. The summed E-state index contributed by atoms with van der Waals surface area (Å²) >= 11 is 0. The maximum atomic E-state index is 11.6. The van der Waals surface area contributed by atoms with E-state index in [-0.39, 0.29) is 0 Å². The number of aliphatic carboxylic acids is 1. The Kier molecular flexibility index (Phi) is 3.80. The number of carbonyl (C=O) groups is 1. The highest BCUT2D eigenvalue weighted by Crippen LogP contribution is 2.31. The molecule has 0 spiro atoms. The molecular weight excluding hydrogens is 242 g/mol. The van der Waals surface area contributed by atoms with Crippen LogP contribution >= 0.6 is 0 Å². The molecule has 2 rings (SSSR count). The minimum atomic E-state index is -0.942. The summed E-state index contributed by atoms with van der Waals surface area (Å²) in [7, 11) is 1.53. The molecule has 19 heavy (non-hydrogen) atoms. The summed E-state index contributed by atoms with van der Waals surface area (Å²) in [5.74, 6) is -1.21. The number of aryl methyl sites for hydroxylation is 1. The third-order valence-corrected chi connectivity index (χ3v) is 2.93. The fourth-order valence-corrected chi connectivity index (χ4v) is 2.04. The van der Waals surface area contributed by atoms with Crippen LogP contribution in [0.4, 0.5) is 0 Å². The number of carboxylic acids is 1. The topological polar surface area (TPSA) is 59.4 Å². The van der Waals surface area contributed by atoms with Crippen molar-refractivity contribution >= 4 is 5.97 Å². The molecule has 0 saturated carbocycles. The monoisotopic (exact) mass is 257 g/mol. The van der Waals surface area contributed by atoms with Crippen LogP contribution in [0.5, 0.6) is 5.75 Å². The van der Waals surface area contributed by atoms with Crippen molar-refractivity contribution in [1.29, 1.82) is 0 Å². The fraction of sp³-hybridized carbons (Fsp3) is 0.200. The Bertz CT molecular complexity index is 581. The Hall–Kier alpha value is -2.36. The number of ether oxygens (including phenoxy) is 1. The predicted molar refractivity (Wildman–Crippen MR) is 71.4 cm³/mol. The van der Waals surface area contributed by atoms with Crippen molar-refractivity contribution in [2.75, 3.05) is 7.11 Å². The van der Waals surface area contributed by atoms with Crippen LogP contribution < -0.4 is 4.74 Å². The van der Waals surface area contributed by atoms with Crippen LogP contribution in [0.1, 0.15) is 22.7 Å². The zero-order valence-corrected chi connectivity index (χ0v) is 10.8. The molecule has 1 N–H and O–H groups in total. The van der Waals surface area contributed by atoms with Gasteiger partial charge in [0.15, 0.2) is 0 Å². The third-order valence-electron chi connectivity index (χ3n) is 2.93. The summed E-state index contributed by atoms with van der Waals surface area (Å²) in [6, 6.07) is 10.7. The molecule has 1 atom stereocenters. The molecule has 98 valence electrons. The Labute approximate surface area is 111 Å². The van der Waals surface area contributed by atoms with Gasteiger partial charge in [-0.3, -0.25) is 9.78 Å². The minimum absolute atomic E-state index is 0.499. The van der Waals surface area contributed by atoms with E-state index in [0.29, 0.717) is 17.0 Å². The van der Waals surface area contributed by atoms with Crippen molar-refractivity contribution in [2.45, 2.75) is 12.8 Å². The molecule has 4 nitrogen and oxygen atoms in total. The zero-order chi connectivity index (χ0) is 13.8. The first-order chi connectivity index (χ1) is 9.13. The number of benzene rings is 1. The summed E-state index contributed by atoms with van der Waals surface area (Å²) in [4.78, 5) is 15.7. The highest BCUT2D eigenvalue weighted by Gasteiger charge is 2.26. The number of rotatable bonds is 4. The van der Waals surface area contributed by atoms with E-state index in [9.17, 15) is 9.90 Å². The molecule has 0 radical (unpaired) electrons. The molecule has 1 aromatic heterocycles. The number of hydrogen-bond acceptors (Lipinski definition) is 3. The predicted octanol–water partition coefficient (Wildman–Crippen LogP) is 2.62. The Balaban J connectivity index is 2.57. The third kappa shape index (κ3) is 2.73. The quantitative estimate of drug-likeness (QED) is 0.914. The van der Waals surface area contributed by atoms with E-state index in [4.69, 9.17) is 4.74 Å². The SMILES string of the molecule is COc1ccc(C)cc1C(C(=O)O)c1ccccn1. The molecule has 0 amide bonds. The molecule has 2 aromatic rings. The van der Waals surface area contributed by atoms with Gasteiger partial charge in [0.05, 0.1) is 12.8 Å². The van der Waals surface area contributed by atoms with Crippen LogP contribution in [0.25, 0.3) is 0 Å². The van der Waals surface area contributed by atoms with Gasteiger partial charge in [-0.05, 0) is 25.1 Å². The van der Waals surface area contributed by atoms with Crippen molar-refractivity contribution in [3.8, 4) is 5.75 Å². The molecule has 1 aromatic carbocycles. The highest BCUT2D eigenvalue weighted by atomic mass is 16.5. The lowest BCUT2D eigenvalue weighted by Gasteiger charge is -2.16. The molecule has 0 saturated heterocycles. The second-order valence-corrected chi connectivity index (χ2v) is 4.27. The Morgan fingerprint density at radius 1 is 1.32 bits per heavy atom. The van der Waals surface area contributed by atoms with E-state index in [2.05, 4.69) is 4.98 Å². The van der Waals surface area contributed by atoms with Gasteiger partial charge in [-0.25, -0.2) is 0 Å². The molecular formula is C15H15NO3. The summed E-state index contributed by atoms with van der Waals surface area (Å²) in [5, 5.41) is 9.50. The molecule has 4 heteroatoms. The van der Waals surface area contributed by atoms with Gasteiger partial charge in [-0.2, -0.15) is 0 Å². The van der Waals surface area contributed by atoms with Crippen LogP contribution in [-0.2, 0) is 4.79 Å². The normalized spacial score (nSPS) is 11.9. The van der Waals surface area contributed by atoms with Crippen LogP contribution in [0.2, 0.25) is 0 Å². The van der Waals surface area contributed by atoms with Gasteiger partial charge in [0.25, 0.3) is 0 Å². The molecule has 0 aliphatic rings. The average Bonchev–Trinajstić information content (AvgIpc) is 2.40. The lowest BCUT2D eigenvalue weighted by atomic mass is 9.93. The van der Waals surface area contributed by atoms with Crippen molar-refractivity contribution in [3.63, 3.8) is 0 Å². The first-order valence-electron chi connectivity index (χ1n) is 5.91. The van der Waals surface area contributed by atoms with Gasteiger partial charge < -0.3 is 9.84 Å². The van der Waals surface area contributed by atoms with E-state index < -0.39 is 11.9 Å². The standard InChI is InChI=1S/C15H15NO3/c1-10-6-7-13(19-2)11(9-10)14(15(17)18)12-5-3-4-8-16-12/h3-9,14H,1-2H3,(H,17,18). The van der Waals surface area contributed by atoms with Crippen LogP contribution in [0.3, 0.4) is 0 Å². The van der Waals surface area contributed by atoms with E-state index >= 15 is 0 Å². The van der Waals surface area contributed by atoms with Crippen molar-refractivity contribution < 1.29 is 14.6 Å². The summed E-state index contributed by atoms with van der Waals surface area (Å²) in [6.07, 6.45) is 1.59. The second-order valence-electron chi connectivity index (χ2n) is 4.27. The van der Waals surface area contributed by atoms with Crippen molar-refractivity contribution in [3.05, 3.63) is 59.4 Å². The molecule has 0 fully saturated rings. The van der Waals surface area contributed by atoms with E-state index in [1.807, 2.05) is 19.1 Å². The number of carboxylic acid groups (broad SMARTS) is 1. The minimum Gasteiger partial charge on any atom is -0.496 e. The molecule has 0 bridgehead atoms.